The first-order valence-electron chi connectivity index (χ1n) is 7.23. The predicted octanol–water partition coefficient (Wildman–Crippen LogP) is 2.30. The Hall–Kier alpha value is -1.35. The largest absolute Gasteiger partial charge is 0.337 e. The van der Waals surface area contributed by atoms with Crippen LogP contribution in [0.15, 0.2) is 24.3 Å². The van der Waals surface area contributed by atoms with Crippen molar-refractivity contribution in [2.75, 3.05) is 26.7 Å². The first-order chi connectivity index (χ1) is 9.20. The molecule has 3 heteroatoms. The molecule has 0 unspecified atom stereocenters. The smallest absolute Gasteiger partial charge is 0.237 e. The van der Waals surface area contributed by atoms with Crippen molar-refractivity contribution in [1.82, 2.24) is 9.80 Å². The quantitative estimate of drug-likeness (QED) is 0.811. The van der Waals surface area contributed by atoms with E-state index in [4.69, 9.17) is 0 Å². The van der Waals surface area contributed by atoms with Crippen LogP contribution < -0.4 is 0 Å². The lowest BCUT2D eigenvalue weighted by molar-refractivity contribution is -0.133. The Morgan fingerprint density at radius 2 is 2.05 bits per heavy atom. The van der Waals surface area contributed by atoms with Gasteiger partial charge in [-0.1, -0.05) is 37.6 Å². The Morgan fingerprint density at radius 3 is 2.79 bits per heavy atom. The van der Waals surface area contributed by atoms with Crippen LogP contribution in [0.25, 0.3) is 0 Å². The van der Waals surface area contributed by atoms with Gasteiger partial charge in [0.15, 0.2) is 0 Å². The van der Waals surface area contributed by atoms with E-state index in [1.54, 1.807) is 0 Å². The predicted molar refractivity (Wildman–Crippen MR) is 78.0 cm³/mol. The number of benzene rings is 1. The summed E-state index contributed by atoms with van der Waals surface area (Å²) in [5.41, 5.74) is 2.70. The molecule has 0 saturated heterocycles. The molecule has 0 fully saturated rings. The minimum absolute atomic E-state index is 0.258. The molecular weight excluding hydrogens is 236 g/mol. The second-order valence-electron chi connectivity index (χ2n) is 5.43. The van der Waals surface area contributed by atoms with Gasteiger partial charge < -0.3 is 4.90 Å². The molecule has 1 aliphatic heterocycles. The van der Waals surface area contributed by atoms with Crippen LogP contribution in [0.4, 0.5) is 0 Å². The fourth-order valence-corrected chi connectivity index (χ4v) is 2.55. The molecule has 0 saturated carbocycles. The van der Waals surface area contributed by atoms with Crippen molar-refractivity contribution < 1.29 is 4.79 Å². The second kappa shape index (κ2) is 6.71. The first kappa shape index (κ1) is 14.1. The number of likely N-dealkylation sites (N-methyl/N-ethyl adjacent to an activating group) is 1. The minimum atomic E-state index is 0.258. The van der Waals surface area contributed by atoms with E-state index in [1.807, 2.05) is 11.9 Å². The standard InChI is InChI=1S/C16H24N2O/c1-3-4-10-17(2)13-16(19)18-11-9-14-7-5-6-8-15(14)12-18/h5-8H,3-4,9-13H2,1-2H3. The van der Waals surface area contributed by atoms with Crippen LogP contribution >= 0.6 is 0 Å². The molecule has 2 rings (SSSR count). The summed E-state index contributed by atoms with van der Waals surface area (Å²) in [6, 6.07) is 8.44. The highest BCUT2D eigenvalue weighted by Gasteiger charge is 2.20. The summed E-state index contributed by atoms with van der Waals surface area (Å²) in [6.07, 6.45) is 3.32. The summed E-state index contributed by atoms with van der Waals surface area (Å²) >= 11 is 0. The third kappa shape index (κ3) is 3.80. The molecule has 0 radical (unpaired) electrons. The number of hydrogen-bond donors (Lipinski definition) is 0. The molecule has 0 aliphatic carbocycles. The van der Waals surface area contributed by atoms with Crippen LogP contribution in [0.1, 0.15) is 30.9 Å². The van der Waals surface area contributed by atoms with E-state index in [2.05, 4.69) is 36.1 Å². The molecule has 3 nitrogen and oxygen atoms in total. The van der Waals surface area contributed by atoms with Crippen molar-refractivity contribution in [2.45, 2.75) is 32.7 Å². The highest BCUT2D eigenvalue weighted by atomic mass is 16.2. The lowest BCUT2D eigenvalue weighted by Crippen LogP contribution is -2.41. The Morgan fingerprint density at radius 1 is 1.32 bits per heavy atom. The molecule has 0 atom stereocenters. The average molecular weight is 260 g/mol. The third-order valence-corrected chi connectivity index (χ3v) is 3.78. The molecule has 1 heterocycles. The first-order valence-corrected chi connectivity index (χ1v) is 7.23. The molecule has 0 aromatic heterocycles. The van der Waals surface area contributed by atoms with Gasteiger partial charge in [0, 0.05) is 13.1 Å². The lowest BCUT2D eigenvalue weighted by atomic mass is 10.00. The van der Waals surface area contributed by atoms with Gasteiger partial charge in [0.1, 0.15) is 0 Å². The van der Waals surface area contributed by atoms with Gasteiger partial charge >= 0.3 is 0 Å². The normalized spacial score (nSPS) is 14.6. The van der Waals surface area contributed by atoms with E-state index < -0.39 is 0 Å². The van der Waals surface area contributed by atoms with Crippen molar-refractivity contribution in [3.05, 3.63) is 35.4 Å². The number of hydrogen-bond acceptors (Lipinski definition) is 2. The van der Waals surface area contributed by atoms with Gasteiger partial charge in [-0.15, -0.1) is 0 Å². The minimum Gasteiger partial charge on any atom is -0.337 e. The van der Waals surface area contributed by atoms with Gasteiger partial charge in [0.25, 0.3) is 0 Å². The number of nitrogens with zero attached hydrogens (tertiary/aromatic N) is 2. The van der Waals surface area contributed by atoms with Crippen LogP contribution in [-0.2, 0) is 17.8 Å². The highest BCUT2D eigenvalue weighted by Crippen LogP contribution is 2.18. The van der Waals surface area contributed by atoms with Gasteiger partial charge in [-0.25, -0.2) is 0 Å². The second-order valence-corrected chi connectivity index (χ2v) is 5.43. The van der Waals surface area contributed by atoms with Crippen molar-refractivity contribution >= 4 is 5.91 Å². The van der Waals surface area contributed by atoms with Crippen LogP contribution in [0.2, 0.25) is 0 Å². The number of amides is 1. The Balaban J connectivity index is 1.88. The maximum atomic E-state index is 12.3. The molecule has 19 heavy (non-hydrogen) atoms. The Labute approximate surface area is 116 Å². The summed E-state index contributed by atoms with van der Waals surface area (Å²) < 4.78 is 0. The van der Waals surface area contributed by atoms with E-state index in [0.717, 1.165) is 32.5 Å². The molecule has 1 aromatic rings. The zero-order valence-electron chi connectivity index (χ0n) is 12.1. The van der Waals surface area contributed by atoms with Crippen molar-refractivity contribution in [2.24, 2.45) is 0 Å². The summed E-state index contributed by atoms with van der Waals surface area (Å²) in [7, 11) is 2.03. The van der Waals surface area contributed by atoms with E-state index in [-0.39, 0.29) is 5.91 Å². The number of carbonyl (C=O) groups is 1. The number of carbonyl (C=O) groups excluding carboxylic acids is 1. The third-order valence-electron chi connectivity index (χ3n) is 3.78. The summed E-state index contributed by atoms with van der Waals surface area (Å²) in [5, 5.41) is 0. The fraction of sp³-hybridized carbons (Fsp3) is 0.562. The zero-order valence-corrected chi connectivity index (χ0v) is 12.1. The van der Waals surface area contributed by atoms with Gasteiger partial charge in [-0.2, -0.15) is 0 Å². The molecule has 1 aromatic carbocycles. The zero-order chi connectivity index (χ0) is 13.7. The summed E-state index contributed by atoms with van der Waals surface area (Å²) in [6.45, 7) is 5.36. The fourth-order valence-electron chi connectivity index (χ4n) is 2.55. The Bertz CT molecular complexity index is 431. The number of rotatable bonds is 5. The van der Waals surface area contributed by atoms with Gasteiger partial charge in [-0.3, -0.25) is 9.69 Å². The monoisotopic (exact) mass is 260 g/mol. The number of fused-ring (bicyclic) bond motifs is 1. The van der Waals surface area contributed by atoms with Crippen molar-refractivity contribution in [3.8, 4) is 0 Å². The SMILES string of the molecule is CCCCN(C)CC(=O)N1CCc2ccccc2C1. The molecular formula is C16H24N2O. The maximum Gasteiger partial charge on any atom is 0.237 e. The van der Waals surface area contributed by atoms with Crippen LogP contribution in [0.5, 0.6) is 0 Å². The van der Waals surface area contributed by atoms with E-state index in [9.17, 15) is 4.79 Å². The molecule has 0 bridgehead atoms. The van der Waals surface area contributed by atoms with Crippen LogP contribution in [-0.4, -0.2) is 42.4 Å². The lowest BCUT2D eigenvalue weighted by Gasteiger charge is -2.30. The highest BCUT2D eigenvalue weighted by molar-refractivity contribution is 5.78. The number of unbranched alkanes of at least 4 members (excludes halogenated alkanes) is 1. The van der Waals surface area contributed by atoms with Crippen LogP contribution in [0.3, 0.4) is 0 Å². The Kier molecular flexibility index (Phi) is 4.97. The van der Waals surface area contributed by atoms with Crippen molar-refractivity contribution in [3.63, 3.8) is 0 Å². The summed E-state index contributed by atoms with van der Waals surface area (Å²) in [5.74, 6) is 0.258. The maximum absolute atomic E-state index is 12.3. The summed E-state index contributed by atoms with van der Waals surface area (Å²) in [4.78, 5) is 16.4. The average Bonchev–Trinajstić information content (AvgIpc) is 2.44. The molecule has 0 N–H and O–H groups in total. The van der Waals surface area contributed by atoms with E-state index >= 15 is 0 Å². The topological polar surface area (TPSA) is 23.6 Å². The van der Waals surface area contributed by atoms with E-state index in [1.165, 1.54) is 17.5 Å². The van der Waals surface area contributed by atoms with Gasteiger partial charge in [0.2, 0.25) is 5.91 Å². The molecule has 1 amide bonds. The van der Waals surface area contributed by atoms with Gasteiger partial charge in [-0.05, 0) is 37.6 Å². The molecule has 0 spiro atoms. The van der Waals surface area contributed by atoms with Crippen molar-refractivity contribution in [1.29, 1.82) is 0 Å². The molecule has 1 aliphatic rings. The molecule has 104 valence electrons. The van der Waals surface area contributed by atoms with Crippen LogP contribution in [0, 0.1) is 0 Å². The van der Waals surface area contributed by atoms with Gasteiger partial charge in [0.05, 0.1) is 6.54 Å². The van der Waals surface area contributed by atoms with E-state index in [0.29, 0.717) is 6.54 Å².